The average molecular weight is 190 g/mol. The molecule has 1 aliphatic rings. The third-order valence-corrected chi connectivity index (χ3v) is 2.73. The van der Waals surface area contributed by atoms with Crippen LogP contribution in [0.5, 0.6) is 0 Å². The first-order valence-corrected chi connectivity index (χ1v) is 5.10. The van der Waals surface area contributed by atoms with E-state index in [1.54, 1.807) is 6.07 Å². The monoisotopic (exact) mass is 190 g/mol. The molecule has 0 unspecified atom stereocenters. The molecule has 0 aliphatic heterocycles. The van der Waals surface area contributed by atoms with Crippen LogP contribution in [0.25, 0.3) is 0 Å². The van der Waals surface area contributed by atoms with Crippen molar-refractivity contribution in [2.45, 2.75) is 38.5 Å². The molecule has 0 bridgehead atoms. The summed E-state index contributed by atoms with van der Waals surface area (Å²) in [6.07, 6.45) is 5.66. The van der Waals surface area contributed by atoms with Gasteiger partial charge in [-0.1, -0.05) is 12.8 Å². The zero-order valence-electron chi connectivity index (χ0n) is 8.36. The minimum absolute atomic E-state index is 0.480. The Labute approximate surface area is 83.6 Å². The highest BCUT2D eigenvalue weighted by Gasteiger charge is 2.20. The fourth-order valence-corrected chi connectivity index (χ4v) is 2.04. The molecular weight excluding hydrogens is 176 g/mol. The molecule has 0 aromatic carbocycles. The van der Waals surface area contributed by atoms with Gasteiger partial charge in [-0.2, -0.15) is 0 Å². The first kappa shape index (κ1) is 9.31. The van der Waals surface area contributed by atoms with Crippen LogP contribution in [-0.2, 0) is 0 Å². The van der Waals surface area contributed by atoms with Gasteiger partial charge in [0, 0.05) is 11.6 Å². The van der Waals surface area contributed by atoms with E-state index in [0.717, 1.165) is 17.8 Å². The van der Waals surface area contributed by atoms with Gasteiger partial charge in [-0.3, -0.25) is 4.79 Å². The van der Waals surface area contributed by atoms with Gasteiger partial charge >= 0.3 is 0 Å². The van der Waals surface area contributed by atoms with E-state index in [1.165, 1.54) is 25.7 Å². The number of aromatic nitrogens is 2. The second-order valence-electron chi connectivity index (χ2n) is 3.89. The summed E-state index contributed by atoms with van der Waals surface area (Å²) in [4.78, 5) is 19.3. The van der Waals surface area contributed by atoms with Crippen LogP contribution in [0.15, 0.2) is 6.07 Å². The highest BCUT2D eigenvalue weighted by molar-refractivity contribution is 5.71. The molecule has 1 saturated carbocycles. The number of nitrogens with zero attached hydrogens (tertiary/aromatic N) is 2. The van der Waals surface area contributed by atoms with Gasteiger partial charge in [-0.25, -0.2) is 9.97 Å². The summed E-state index contributed by atoms with van der Waals surface area (Å²) in [5.41, 5.74) is 1.41. The lowest BCUT2D eigenvalue weighted by atomic mass is 10.1. The van der Waals surface area contributed by atoms with Crippen LogP contribution in [0.2, 0.25) is 0 Å². The third-order valence-electron chi connectivity index (χ3n) is 2.73. The van der Waals surface area contributed by atoms with Gasteiger partial charge in [-0.05, 0) is 25.8 Å². The van der Waals surface area contributed by atoms with E-state index in [2.05, 4.69) is 9.97 Å². The summed E-state index contributed by atoms with van der Waals surface area (Å²) in [6.45, 7) is 1.91. The van der Waals surface area contributed by atoms with E-state index >= 15 is 0 Å². The summed E-state index contributed by atoms with van der Waals surface area (Å²) in [6, 6.07) is 1.73. The van der Waals surface area contributed by atoms with Crippen molar-refractivity contribution in [1.82, 2.24) is 9.97 Å². The maximum absolute atomic E-state index is 10.6. The summed E-state index contributed by atoms with van der Waals surface area (Å²) in [5.74, 6) is 1.35. The molecule has 0 spiro atoms. The number of rotatable bonds is 2. The Balaban J connectivity index is 2.31. The Hall–Kier alpha value is -1.25. The molecule has 3 nitrogen and oxygen atoms in total. The lowest BCUT2D eigenvalue weighted by molar-refractivity contribution is 0.111. The quantitative estimate of drug-likeness (QED) is 0.672. The first-order valence-electron chi connectivity index (χ1n) is 5.10. The van der Waals surface area contributed by atoms with E-state index < -0.39 is 0 Å². The van der Waals surface area contributed by atoms with Gasteiger partial charge < -0.3 is 0 Å². The van der Waals surface area contributed by atoms with E-state index in [9.17, 15) is 4.79 Å². The SMILES string of the molecule is Cc1cc(C=O)nc(C2CCCC2)n1. The Kier molecular flexibility index (Phi) is 2.57. The van der Waals surface area contributed by atoms with Crippen molar-refractivity contribution >= 4 is 6.29 Å². The highest BCUT2D eigenvalue weighted by Crippen LogP contribution is 2.31. The minimum atomic E-state index is 0.480. The van der Waals surface area contributed by atoms with Crippen LogP contribution in [0.3, 0.4) is 0 Å². The van der Waals surface area contributed by atoms with Crippen LogP contribution < -0.4 is 0 Å². The number of hydrogen-bond donors (Lipinski definition) is 0. The molecule has 1 aromatic heterocycles. The zero-order valence-corrected chi connectivity index (χ0v) is 8.36. The molecule has 3 heteroatoms. The van der Waals surface area contributed by atoms with Gasteiger partial charge in [0.1, 0.15) is 11.5 Å². The van der Waals surface area contributed by atoms with Crippen molar-refractivity contribution in [2.24, 2.45) is 0 Å². The molecule has 74 valence electrons. The summed E-state index contributed by atoms with van der Waals surface area (Å²) < 4.78 is 0. The molecule has 0 atom stereocenters. The lowest BCUT2D eigenvalue weighted by Crippen LogP contribution is -2.04. The van der Waals surface area contributed by atoms with Crippen molar-refractivity contribution < 1.29 is 4.79 Å². The van der Waals surface area contributed by atoms with Crippen molar-refractivity contribution in [1.29, 1.82) is 0 Å². The van der Waals surface area contributed by atoms with E-state index in [4.69, 9.17) is 0 Å². The van der Waals surface area contributed by atoms with E-state index in [-0.39, 0.29) is 0 Å². The normalized spacial score (nSPS) is 17.2. The summed E-state index contributed by atoms with van der Waals surface area (Å²) >= 11 is 0. The van der Waals surface area contributed by atoms with Crippen molar-refractivity contribution in [2.75, 3.05) is 0 Å². The molecule has 0 N–H and O–H groups in total. The van der Waals surface area contributed by atoms with Crippen LogP contribution in [0.4, 0.5) is 0 Å². The molecule has 0 saturated heterocycles. The summed E-state index contributed by atoms with van der Waals surface area (Å²) in [7, 11) is 0. The third kappa shape index (κ3) is 1.81. The lowest BCUT2D eigenvalue weighted by Gasteiger charge is -2.08. The number of carbonyl (C=O) groups excluding carboxylic acids is 1. The first-order chi connectivity index (χ1) is 6.79. The molecule has 0 radical (unpaired) electrons. The van der Waals surface area contributed by atoms with Crippen LogP contribution in [0, 0.1) is 6.92 Å². The minimum Gasteiger partial charge on any atom is -0.296 e. The van der Waals surface area contributed by atoms with E-state index in [0.29, 0.717) is 11.6 Å². The second-order valence-corrected chi connectivity index (χ2v) is 3.89. The average Bonchev–Trinajstić information content (AvgIpc) is 2.69. The fourth-order valence-electron chi connectivity index (χ4n) is 2.04. The maximum Gasteiger partial charge on any atom is 0.168 e. The number of aldehydes is 1. The molecule has 1 aliphatic carbocycles. The van der Waals surface area contributed by atoms with Crippen LogP contribution in [-0.4, -0.2) is 16.3 Å². The van der Waals surface area contributed by atoms with Gasteiger partial charge in [0.15, 0.2) is 6.29 Å². The van der Waals surface area contributed by atoms with Gasteiger partial charge in [0.2, 0.25) is 0 Å². The highest BCUT2D eigenvalue weighted by atomic mass is 16.1. The Morgan fingerprint density at radius 3 is 2.71 bits per heavy atom. The second kappa shape index (κ2) is 3.86. The molecule has 2 rings (SSSR count). The Morgan fingerprint density at radius 1 is 1.36 bits per heavy atom. The molecular formula is C11H14N2O. The molecule has 1 aromatic rings. The fraction of sp³-hybridized carbons (Fsp3) is 0.545. The van der Waals surface area contributed by atoms with Crippen LogP contribution >= 0.6 is 0 Å². The smallest absolute Gasteiger partial charge is 0.168 e. The predicted molar refractivity (Wildman–Crippen MR) is 53.4 cm³/mol. The van der Waals surface area contributed by atoms with Gasteiger partial charge in [0.25, 0.3) is 0 Å². The number of aryl methyl sites for hydroxylation is 1. The maximum atomic E-state index is 10.6. The zero-order chi connectivity index (χ0) is 9.97. The Bertz CT molecular complexity index is 343. The van der Waals surface area contributed by atoms with Crippen LogP contribution in [0.1, 0.15) is 53.6 Å². The predicted octanol–water partition coefficient (Wildman–Crippen LogP) is 2.26. The largest absolute Gasteiger partial charge is 0.296 e. The molecule has 1 heterocycles. The Morgan fingerprint density at radius 2 is 2.07 bits per heavy atom. The van der Waals surface area contributed by atoms with Crippen molar-refractivity contribution in [3.63, 3.8) is 0 Å². The molecule has 14 heavy (non-hydrogen) atoms. The van der Waals surface area contributed by atoms with E-state index in [1.807, 2.05) is 6.92 Å². The number of hydrogen-bond acceptors (Lipinski definition) is 3. The molecule has 0 amide bonds. The van der Waals surface area contributed by atoms with Gasteiger partial charge in [0.05, 0.1) is 0 Å². The standard InChI is InChI=1S/C11H14N2O/c1-8-6-10(7-14)13-11(12-8)9-4-2-3-5-9/h6-7,9H,2-5H2,1H3. The summed E-state index contributed by atoms with van der Waals surface area (Å²) in [5, 5.41) is 0. The molecule has 1 fully saturated rings. The van der Waals surface area contributed by atoms with Crippen molar-refractivity contribution in [3.05, 3.63) is 23.3 Å². The van der Waals surface area contributed by atoms with Crippen molar-refractivity contribution in [3.8, 4) is 0 Å². The van der Waals surface area contributed by atoms with Gasteiger partial charge in [-0.15, -0.1) is 0 Å². The number of carbonyl (C=O) groups is 1. The topological polar surface area (TPSA) is 42.9 Å².